The molecule has 0 aliphatic carbocycles. The van der Waals surface area contributed by atoms with Crippen molar-refractivity contribution in [3.05, 3.63) is 48.5 Å². The minimum Gasteiger partial charge on any atom is -0.368 e. The van der Waals surface area contributed by atoms with Crippen LogP contribution < -0.4 is 15.8 Å². The standard InChI is InChI=1S/C20H22N4O4S/c21-19(25)18-16-6-3-4-12-23(16)20(26)24(18)14-10-8-13(9-11-14)15-5-1-2-7-17(15)29(22,27)28/h1-2,5,7-11,16,18H,3-4,6,12H2,(H2,21,25)(H2,22,27,28)/t16-,18?/m1/s1. The number of fused-ring (bicyclic) bond motifs is 1. The van der Waals surface area contributed by atoms with Gasteiger partial charge in [0.1, 0.15) is 6.04 Å². The van der Waals surface area contributed by atoms with Crippen molar-refractivity contribution < 1.29 is 18.0 Å². The molecule has 8 nitrogen and oxygen atoms in total. The number of piperidine rings is 1. The molecule has 2 heterocycles. The smallest absolute Gasteiger partial charge is 0.325 e. The van der Waals surface area contributed by atoms with E-state index in [1.807, 2.05) is 0 Å². The van der Waals surface area contributed by atoms with Crippen molar-refractivity contribution in [2.75, 3.05) is 11.4 Å². The van der Waals surface area contributed by atoms with E-state index in [4.69, 9.17) is 10.9 Å². The average Bonchev–Trinajstić information content (AvgIpc) is 3.00. The fraction of sp³-hybridized carbons (Fsp3) is 0.300. The van der Waals surface area contributed by atoms with Crippen molar-refractivity contribution in [3.63, 3.8) is 0 Å². The minimum absolute atomic E-state index is 0.0251. The number of rotatable bonds is 4. The van der Waals surface area contributed by atoms with Crippen molar-refractivity contribution in [3.8, 4) is 11.1 Å². The van der Waals surface area contributed by atoms with Gasteiger partial charge in [0.05, 0.1) is 10.9 Å². The van der Waals surface area contributed by atoms with Gasteiger partial charge in [-0.15, -0.1) is 0 Å². The average molecular weight is 414 g/mol. The molecule has 0 aromatic heterocycles. The fourth-order valence-electron chi connectivity index (χ4n) is 4.30. The number of nitrogens with two attached hydrogens (primary N) is 2. The quantitative estimate of drug-likeness (QED) is 0.788. The molecule has 2 atom stereocenters. The second-order valence-corrected chi connectivity index (χ2v) is 8.87. The van der Waals surface area contributed by atoms with E-state index in [1.54, 1.807) is 47.4 Å². The zero-order valence-corrected chi connectivity index (χ0v) is 16.5. The number of amides is 3. The second kappa shape index (κ2) is 7.16. The predicted molar refractivity (Wildman–Crippen MR) is 108 cm³/mol. The Morgan fingerprint density at radius 3 is 2.38 bits per heavy atom. The lowest BCUT2D eigenvalue weighted by atomic mass is 9.97. The summed E-state index contributed by atoms with van der Waals surface area (Å²) in [5, 5.41) is 5.32. The molecule has 3 amide bonds. The van der Waals surface area contributed by atoms with E-state index in [0.717, 1.165) is 19.3 Å². The zero-order valence-electron chi connectivity index (χ0n) is 15.7. The van der Waals surface area contributed by atoms with Crippen LogP contribution in [0.1, 0.15) is 19.3 Å². The van der Waals surface area contributed by atoms with Gasteiger partial charge in [-0.1, -0.05) is 30.3 Å². The lowest BCUT2D eigenvalue weighted by Gasteiger charge is -2.29. The molecule has 2 aromatic rings. The van der Waals surface area contributed by atoms with Gasteiger partial charge in [0.25, 0.3) is 0 Å². The van der Waals surface area contributed by atoms with Gasteiger partial charge >= 0.3 is 6.03 Å². The summed E-state index contributed by atoms with van der Waals surface area (Å²) in [6.45, 7) is 0.615. The summed E-state index contributed by atoms with van der Waals surface area (Å²) in [5.41, 5.74) is 7.30. The van der Waals surface area contributed by atoms with Gasteiger partial charge in [-0.3, -0.25) is 9.69 Å². The third kappa shape index (κ3) is 3.36. The molecule has 152 valence electrons. The van der Waals surface area contributed by atoms with Gasteiger partial charge < -0.3 is 10.6 Å². The largest absolute Gasteiger partial charge is 0.368 e. The van der Waals surface area contributed by atoms with Crippen LogP contribution in [0.25, 0.3) is 11.1 Å². The number of anilines is 1. The molecule has 2 aliphatic rings. The highest BCUT2D eigenvalue weighted by atomic mass is 32.2. The number of hydrogen-bond acceptors (Lipinski definition) is 4. The number of carbonyl (C=O) groups is 2. The first-order valence-electron chi connectivity index (χ1n) is 9.40. The monoisotopic (exact) mass is 414 g/mol. The SMILES string of the molecule is NC(=O)C1[C@H]2CCCCN2C(=O)N1c1ccc(-c2ccccc2S(N)(=O)=O)cc1. The normalized spacial score (nSPS) is 21.9. The van der Waals surface area contributed by atoms with Crippen LogP contribution in [-0.2, 0) is 14.8 Å². The van der Waals surface area contributed by atoms with Gasteiger partial charge in [-0.2, -0.15) is 0 Å². The van der Waals surface area contributed by atoms with Gasteiger partial charge in [0.2, 0.25) is 15.9 Å². The third-order valence-corrected chi connectivity index (χ3v) is 6.55. The summed E-state index contributed by atoms with van der Waals surface area (Å²) in [4.78, 5) is 28.3. The lowest BCUT2D eigenvalue weighted by molar-refractivity contribution is -0.119. The summed E-state index contributed by atoms with van der Waals surface area (Å²) in [5.74, 6) is -0.531. The van der Waals surface area contributed by atoms with Crippen LogP contribution in [-0.4, -0.2) is 43.9 Å². The summed E-state index contributed by atoms with van der Waals surface area (Å²) in [6, 6.07) is 12.1. The van der Waals surface area contributed by atoms with Crippen LogP contribution in [0.4, 0.5) is 10.5 Å². The summed E-state index contributed by atoms with van der Waals surface area (Å²) in [7, 11) is -3.88. The highest BCUT2D eigenvalue weighted by Gasteiger charge is 2.49. The Morgan fingerprint density at radius 2 is 1.72 bits per heavy atom. The third-order valence-electron chi connectivity index (χ3n) is 5.59. The van der Waals surface area contributed by atoms with Crippen LogP contribution in [0.15, 0.2) is 53.4 Å². The van der Waals surface area contributed by atoms with Crippen LogP contribution >= 0.6 is 0 Å². The molecule has 4 rings (SSSR count). The maximum Gasteiger partial charge on any atom is 0.325 e. The first-order valence-corrected chi connectivity index (χ1v) is 10.9. The van der Waals surface area contributed by atoms with Gasteiger partial charge in [0, 0.05) is 17.8 Å². The predicted octanol–water partition coefficient (Wildman–Crippen LogP) is 1.65. The summed E-state index contributed by atoms with van der Waals surface area (Å²) < 4.78 is 23.8. The molecule has 1 unspecified atom stereocenters. The Bertz CT molecular complexity index is 1070. The molecule has 0 spiro atoms. The van der Waals surface area contributed by atoms with E-state index >= 15 is 0 Å². The Hall–Kier alpha value is -2.91. The molecular formula is C20H22N4O4S. The Balaban J connectivity index is 1.71. The number of primary amides is 1. The molecule has 2 aromatic carbocycles. The topological polar surface area (TPSA) is 127 Å². The van der Waals surface area contributed by atoms with Gasteiger partial charge in [-0.05, 0) is 43.0 Å². The molecule has 0 bridgehead atoms. The van der Waals surface area contributed by atoms with Crippen LogP contribution in [0.5, 0.6) is 0 Å². The van der Waals surface area contributed by atoms with Crippen molar-refractivity contribution in [2.45, 2.75) is 36.2 Å². The van der Waals surface area contributed by atoms with E-state index in [2.05, 4.69) is 0 Å². The molecular weight excluding hydrogens is 392 g/mol. The van der Waals surface area contributed by atoms with Crippen LogP contribution in [0, 0.1) is 0 Å². The Morgan fingerprint density at radius 1 is 1.03 bits per heavy atom. The second-order valence-electron chi connectivity index (χ2n) is 7.34. The molecule has 2 fully saturated rings. The van der Waals surface area contributed by atoms with E-state index in [0.29, 0.717) is 23.4 Å². The minimum atomic E-state index is -3.88. The molecule has 0 saturated carbocycles. The molecule has 9 heteroatoms. The Labute approximate surface area is 169 Å². The first kappa shape index (κ1) is 19.4. The van der Waals surface area contributed by atoms with Crippen molar-refractivity contribution >= 4 is 27.6 Å². The van der Waals surface area contributed by atoms with E-state index < -0.39 is 22.0 Å². The van der Waals surface area contributed by atoms with Crippen molar-refractivity contribution in [2.24, 2.45) is 10.9 Å². The van der Waals surface area contributed by atoms with Crippen molar-refractivity contribution in [1.29, 1.82) is 0 Å². The van der Waals surface area contributed by atoms with Crippen LogP contribution in [0.2, 0.25) is 0 Å². The maximum absolute atomic E-state index is 12.9. The van der Waals surface area contributed by atoms with Gasteiger partial charge in [-0.25, -0.2) is 18.4 Å². The number of carbonyl (C=O) groups excluding carboxylic acids is 2. The zero-order chi connectivity index (χ0) is 20.8. The number of primary sulfonamides is 1. The van der Waals surface area contributed by atoms with E-state index in [1.165, 1.54) is 11.0 Å². The molecule has 29 heavy (non-hydrogen) atoms. The molecule has 0 radical (unpaired) electrons. The summed E-state index contributed by atoms with van der Waals surface area (Å²) in [6.07, 6.45) is 2.61. The van der Waals surface area contributed by atoms with Crippen LogP contribution in [0.3, 0.4) is 0 Å². The first-order chi connectivity index (χ1) is 13.8. The lowest BCUT2D eigenvalue weighted by Crippen LogP contribution is -2.48. The fourth-order valence-corrected chi connectivity index (χ4v) is 5.06. The Kier molecular flexibility index (Phi) is 4.79. The van der Waals surface area contributed by atoms with Crippen molar-refractivity contribution in [1.82, 2.24) is 4.90 Å². The maximum atomic E-state index is 12.9. The number of nitrogens with zero attached hydrogens (tertiary/aromatic N) is 2. The number of benzene rings is 2. The molecule has 4 N–H and O–H groups in total. The van der Waals surface area contributed by atoms with E-state index in [-0.39, 0.29) is 17.0 Å². The number of urea groups is 1. The number of sulfonamides is 1. The highest BCUT2D eigenvalue weighted by molar-refractivity contribution is 7.89. The van der Waals surface area contributed by atoms with Gasteiger partial charge in [0.15, 0.2) is 0 Å². The summed E-state index contributed by atoms with van der Waals surface area (Å²) >= 11 is 0. The van der Waals surface area contributed by atoms with E-state index in [9.17, 15) is 18.0 Å². The highest BCUT2D eigenvalue weighted by Crippen LogP contribution is 2.35. The molecule has 2 aliphatic heterocycles. The number of hydrogen-bond donors (Lipinski definition) is 2. The molecule has 2 saturated heterocycles.